The fourth-order valence-corrected chi connectivity index (χ4v) is 1.47. The minimum atomic E-state index is -3.65. The zero-order valence-corrected chi connectivity index (χ0v) is 12.0. The standard InChI is InChI=1S/C7H12O4S.K.H/c1-3-5-7(8)11-12(9,10)6-4-2;;/h3,5H,4,6H2,1-2H3;;/q;+1;-1. The normalized spacial score (nSPS) is 10.9. The number of carbonyl (C=O) groups is 1. The first kappa shape index (κ1) is 16.2. The molecule has 6 heteroatoms. The number of rotatable bonds is 4. The van der Waals surface area contributed by atoms with E-state index in [1.54, 1.807) is 13.8 Å². The maximum atomic E-state index is 10.8. The van der Waals surface area contributed by atoms with Crippen molar-refractivity contribution >= 4 is 16.1 Å². The van der Waals surface area contributed by atoms with Crippen molar-refractivity contribution in [3.63, 3.8) is 0 Å². The molecular weight excluding hydrogens is 219 g/mol. The predicted molar refractivity (Wildman–Crippen MR) is 46.1 cm³/mol. The molecular formula is C7H13KO4S. The second-order valence-corrected chi connectivity index (χ2v) is 3.85. The summed E-state index contributed by atoms with van der Waals surface area (Å²) >= 11 is 0. The van der Waals surface area contributed by atoms with Gasteiger partial charge in [-0.05, 0) is 13.3 Å². The smallest absolute Gasteiger partial charge is 1.00 e. The summed E-state index contributed by atoms with van der Waals surface area (Å²) < 4.78 is 25.8. The second-order valence-electron chi connectivity index (χ2n) is 2.16. The van der Waals surface area contributed by atoms with Crippen molar-refractivity contribution < 1.29 is 70.2 Å². The molecule has 0 radical (unpaired) electrons. The molecule has 0 atom stereocenters. The van der Waals surface area contributed by atoms with Crippen LogP contribution in [0.15, 0.2) is 12.2 Å². The second kappa shape index (κ2) is 8.13. The van der Waals surface area contributed by atoms with Crippen LogP contribution < -0.4 is 51.4 Å². The van der Waals surface area contributed by atoms with Gasteiger partial charge in [0.25, 0.3) is 0 Å². The van der Waals surface area contributed by atoms with Crippen LogP contribution in [-0.2, 0) is 19.1 Å². The quantitative estimate of drug-likeness (QED) is 0.318. The van der Waals surface area contributed by atoms with E-state index < -0.39 is 16.1 Å². The van der Waals surface area contributed by atoms with Gasteiger partial charge >= 0.3 is 67.5 Å². The molecule has 0 rings (SSSR count). The molecule has 0 aromatic heterocycles. The fraction of sp³-hybridized carbons (Fsp3) is 0.571. The Kier molecular flexibility index (Phi) is 10.2. The Hall–Kier alpha value is 0.796. The van der Waals surface area contributed by atoms with Crippen LogP contribution in [0.4, 0.5) is 0 Å². The molecule has 72 valence electrons. The van der Waals surface area contributed by atoms with Gasteiger partial charge in [0, 0.05) is 6.08 Å². The summed E-state index contributed by atoms with van der Waals surface area (Å²) in [6.45, 7) is 3.30. The maximum Gasteiger partial charge on any atom is 1.00 e. The number of hydrogen-bond acceptors (Lipinski definition) is 4. The Morgan fingerprint density at radius 2 is 2.08 bits per heavy atom. The predicted octanol–water partition coefficient (Wildman–Crippen LogP) is -2.04. The zero-order chi connectivity index (χ0) is 9.61. The molecule has 0 saturated carbocycles. The maximum absolute atomic E-state index is 10.8. The van der Waals surface area contributed by atoms with Gasteiger partial charge in [-0.1, -0.05) is 13.0 Å². The first-order valence-electron chi connectivity index (χ1n) is 3.60. The van der Waals surface area contributed by atoms with Crippen LogP contribution in [0.1, 0.15) is 21.7 Å². The third-order valence-electron chi connectivity index (χ3n) is 0.966. The van der Waals surface area contributed by atoms with Crippen molar-refractivity contribution in [3.05, 3.63) is 12.2 Å². The number of hydrogen-bond donors (Lipinski definition) is 0. The van der Waals surface area contributed by atoms with Crippen LogP contribution >= 0.6 is 0 Å². The summed E-state index contributed by atoms with van der Waals surface area (Å²) in [6, 6.07) is 0. The van der Waals surface area contributed by atoms with Crippen LogP contribution in [-0.4, -0.2) is 20.1 Å². The van der Waals surface area contributed by atoms with E-state index in [9.17, 15) is 13.2 Å². The van der Waals surface area contributed by atoms with E-state index in [-0.39, 0.29) is 58.6 Å². The van der Waals surface area contributed by atoms with Crippen molar-refractivity contribution in [2.75, 3.05) is 5.75 Å². The van der Waals surface area contributed by atoms with Crippen molar-refractivity contribution in [1.82, 2.24) is 0 Å². The van der Waals surface area contributed by atoms with E-state index in [1.165, 1.54) is 6.08 Å². The fourth-order valence-electron chi connectivity index (χ4n) is 0.581. The average molecular weight is 232 g/mol. The molecule has 0 aliphatic carbocycles. The van der Waals surface area contributed by atoms with Crippen LogP contribution in [0.3, 0.4) is 0 Å². The number of carbonyl (C=O) groups excluding carboxylic acids is 1. The Morgan fingerprint density at radius 1 is 1.54 bits per heavy atom. The summed E-state index contributed by atoms with van der Waals surface area (Å²) in [4.78, 5) is 10.6. The minimum absolute atomic E-state index is 0. The van der Waals surface area contributed by atoms with Gasteiger partial charge in [0.1, 0.15) is 0 Å². The van der Waals surface area contributed by atoms with E-state index in [2.05, 4.69) is 4.18 Å². The molecule has 0 heterocycles. The Bertz CT molecular complexity index is 273. The summed E-state index contributed by atoms with van der Waals surface area (Å²) in [5.41, 5.74) is 0. The van der Waals surface area contributed by atoms with Crippen LogP contribution in [0.25, 0.3) is 0 Å². The summed E-state index contributed by atoms with van der Waals surface area (Å²) in [6.07, 6.45) is 2.92. The largest absolute Gasteiger partial charge is 1.00 e. The van der Waals surface area contributed by atoms with Gasteiger partial charge in [0.05, 0.1) is 5.75 Å². The molecule has 4 nitrogen and oxygen atoms in total. The average Bonchev–Trinajstić information content (AvgIpc) is 1.85. The Balaban J connectivity index is -0.000000605. The van der Waals surface area contributed by atoms with E-state index in [0.29, 0.717) is 6.42 Å². The molecule has 0 N–H and O–H groups in total. The molecule has 0 aliphatic rings. The molecule has 0 aliphatic heterocycles. The summed E-state index contributed by atoms with van der Waals surface area (Å²) in [5, 5.41) is 0. The van der Waals surface area contributed by atoms with Crippen LogP contribution in [0.5, 0.6) is 0 Å². The first-order chi connectivity index (χ1) is 5.52. The molecule has 13 heavy (non-hydrogen) atoms. The Labute approximate surface area is 123 Å². The molecule has 0 spiro atoms. The van der Waals surface area contributed by atoms with Crippen molar-refractivity contribution in [2.24, 2.45) is 0 Å². The molecule has 0 unspecified atom stereocenters. The van der Waals surface area contributed by atoms with E-state index in [4.69, 9.17) is 0 Å². The first-order valence-corrected chi connectivity index (χ1v) is 5.18. The van der Waals surface area contributed by atoms with Crippen LogP contribution in [0, 0.1) is 0 Å². The van der Waals surface area contributed by atoms with E-state index >= 15 is 0 Å². The van der Waals surface area contributed by atoms with E-state index in [0.717, 1.165) is 6.08 Å². The van der Waals surface area contributed by atoms with Gasteiger partial charge in [0.2, 0.25) is 0 Å². The summed E-state index contributed by atoms with van der Waals surface area (Å²) in [7, 11) is -3.65. The van der Waals surface area contributed by atoms with Crippen molar-refractivity contribution in [3.8, 4) is 0 Å². The molecule has 0 amide bonds. The number of allylic oxidation sites excluding steroid dienone is 1. The third-order valence-corrected chi connectivity index (χ3v) is 2.29. The topological polar surface area (TPSA) is 60.4 Å². The third kappa shape index (κ3) is 9.11. The minimum Gasteiger partial charge on any atom is -1.00 e. The Morgan fingerprint density at radius 3 is 2.46 bits per heavy atom. The van der Waals surface area contributed by atoms with Crippen LogP contribution in [0.2, 0.25) is 0 Å². The molecule has 0 fully saturated rings. The van der Waals surface area contributed by atoms with Crippen molar-refractivity contribution in [1.29, 1.82) is 0 Å². The monoisotopic (exact) mass is 232 g/mol. The molecule has 0 saturated heterocycles. The molecule has 0 aromatic rings. The molecule has 0 aromatic carbocycles. The van der Waals surface area contributed by atoms with Gasteiger partial charge in [-0.3, -0.25) is 0 Å². The summed E-state index contributed by atoms with van der Waals surface area (Å²) in [5.74, 6) is -0.970. The molecule has 0 bridgehead atoms. The van der Waals surface area contributed by atoms with Gasteiger partial charge in [-0.2, -0.15) is 8.42 Å². The zero-order valence-electron chi connectivity index (χ0n) is 9.11. The van der Waals surface area contributed by atoms with Gasteiger partial charge in [-0.15, -0.1) is 0 Å². The SMILES string of the molecule is CC=CC(=O)OS(=O)(=O)CCC.[H-].[K+]. The van der Waals surface area contributed by atoms with Gasteiger partial charge < -0.3 is 5.61 Å². The van der Waals surface area contributed by atoms with Gasteiger partial charge in [-0.25, -0.2) is 4.79 Å². The van der Waals surface area contributed by atoms with Crippen molar-refractivity contribution in [2.45, 2.75) is 20.3 Å². The van der Waals surface area contributed by atoms with Gasteiger partial charge in [0.15, 0.2) is 0 Å². The van der Waals surface area contributed by atoms with E-state index in [1.807, 2.05) is 0 Å².